The lowest BCUT2D eigenvalue weighted by Crippen LogP contribution is -2.01. The molecule has 0 spiro atoms. The van der Waals surface area contributed by atoms with Crippen LogP contribution in [0.2, 0.25) is 5.02 Å². The van der Waals surface area contributed by atoms with Crippen molar-refractivity contribution in [2.24, 2.45) is 0 Å². The maximum absolute atomic E-state index is 14.5. The van der Waals surface area contributed by atoms with Crippen molar-refractivity contribution in [1.29, 1.82) is 0 Å². The number of halogens is 2. The Hall–Kier alpha value is -2.37. The van der Waals surface area contributed by atoms with Gasteiger partial charge in [-0.1, -0.05) is 35.9 Å². The van der Waals surface area contributed by atoms with Gasteiger partial charge in [0.25, 0.3) is 0 Å². The minimum atomic E-state index is -0.299. The fourth-order valence-electron chi connectivity index (χ4n) is 3.01. The van der Waals surface area contributed by atoms with E-state index < -0.39 is 0 Å². The molecule has 4 rings (SSSR count). The third-order valence-electron chi connectivity index (χ3n) is 4.53. The minimum absolute atomic E-state index is 0.299. The molecular formula is C20H17ClFN3S. The first-order chi connectivity index (χ1) is 12.5. The standard InChI is InChI=1S/C20H17ClFN3S/c1-11-7-6-9-15(21)17(11)23-19-18(14-8-4-5-10-16(14)22)24-20-25(19)12(2)13(3)26-20/h4-10,23H,1-3H3. The quantitative estimate of drug-likeness (QED) is 0.434. The summed E-state index contributed by atoms with van der Waals surface area (Å²) >= 11 is 8.00. The Morgan fingerprint density at radius 3 is 2.58 bits per heavy atom. The Bertz CT molecular complexity index is 1110. The Kier molecular flexibility index (Phi) is 4.21. The van der Waals surface area contributed by atoms with E-state index in [-0.39, 0.29) is 5.82 Å². The molecule has 0 radical (unpaired) electrons. The lowest BCUT2D eigenvalue weighted by Gasteiger charge is -2.13. The van der Waals surface area contributed by atoms with E-state index in [9.17, 15) is 4.39 Å². The minimum Gasteiger partial charge on any atom is -0.338 e. The molecule has 0 aliphatic heterocycles. The van der Waals surface area contributed by atoms with Gasteiger partial charge in [0.1, 0.15) is 17.3 Å². The number of hydrogen-bond acceptors (Lipinski definition) is 3. The summed E-state index contributed by atoms with van der Waals surface area (Å²) in [5.41, 5.74) is 3.94. The molecule has 2 aromatic heterocycles. The molecule has 0 amide bonds. The van der Waals surface area contributed by atoms with Crippen molar-refractivity contribution < 1.29 is 4.39 Å². The molecular weight excluding hydrogens is 369 g/mol. The van der Waals surface area contributed by atoms with E-state index in [4.69, 9.17) is 16.6 Å². The number of aromatic nitrogens is 2. The van der Waals surface area contributed by atoms with Gasteiger partial charge in [0.15, 0.2) is 4.96 Å². The molecule has 0 unspecified atom stereocenters. The van der Waals surface area contributed by atoms with Crippen LogP contribution in [0.4, 0.5) is 15.9 Å². The Morgan fingerprint density at radius 2 is 1.85 bits per heavy atom. The summed E-state index contributed by atoms with van der Waals surface area (Å²) < 4.78 is 16.5. The van der Waals surface area contributed by atoms with Crippen molar-refractivity contribution >= 4 is 39.4 Å². The second-order valence-electron chi connectivity index (χ2n) is 6.21. The van der Waals surface area contributed by atoms with Gasteiger partial charge in [-0.2, -0.15) is 0 Å². The molecule has 0 aliphatic rings. The number of aryl methyl sites for hydroxylation is 3. The molecule has 0 atom stereocenters. The Morgan fingerprint density at radius 1 is 1.08 bits per heavy atom. The van der Waals surface area contributed by atoms with Gasteiger partial charge in [0.2, 0.25) is 0 Å². The van der Waals surface area contributed by atoms with E-state index in [1.165, 1.54) is 10.9 Å². The van der Waals surface area contributed by atoms with Gasteiger partial charge in [-0.05, 0) is 44.5 Å². The average molecular weight is 386 g/mol. The summed E-state index contributed by atoms with van der Waals surface area (Å²) in [5.74, 6) is 0.426. The number of fused-ring (bicyclic) bond motifs is 1. The maximum atomic E-state index is 14.5. The summed E-state index contributed by atoms with van der Waals surface area (Å²) in [5, 5.41) is 4.04. The van der Waals surface area contributed by atoms with Crippen LogP contribution in [0.25, 0.3) is 16.2 Å². The van der Waals surface area contributed by atoms with Crippen LogP contribution in [-0.2, 0) is 0 Å². The second kappa shape index (κ2) is 6.41. The van der Waals surface area contributed by atoms with Gasteiger partial charge in [-0.15, -0.1) is 11.3 Å². The molecule has 132 valence electrons. The zero-order chi connectivity index (χ0) is 18.4. The molecule has 6 heteroatoms. The number of imidazole rings is 1. The monoisotopic (exact) mass is 385 g/mol. The molecule has 0 saturated carbocycles. The molecule has 0 bridgehead atoms. The molecule has 2 heterocycles. The zero-order valence-electron chi connectivity index (χ0n) is 14.6. The number of para-hydroxylation sites is 1. The predicted octanol–water partition coefficient (Wildman–Crippen LogP) is 6.52. The van der Waals surface area contributed by atoms with Crippen LogP contribution in [-0.4, -0.2) is 9.38 Å². The average Bonchev–Trinajstić information content (AvgIpc) is 3.08. The summed E-state index contributed by atoms with van der Waals surface area (Å²) in [6, 6.07) is 12.4. The van der Waals surface area contributed by atoms with Gasteiger partial charge < -0.3 is 5.32 Å². The molecule has 1 N–H and O–H groups in total. The normalized spacial score (nSPS) is 11.3. The predicted molar refractivity (Wildman–Crippen MR) is 107 cm³/mol. The molecule has 0 saturated heterocycles. The molecule has 2 aromatic carbocycles. The number of nitrogens with one attached hydrogen (secondary N) is 1. The maximum Gasteiger partial charge on any atom is 0.196 e. The second-order valence-corrected chi connectivity index (χ2v) is 7.80. The lowest BCUT2D eigenvalue weighted by atomic mass is 10.1. The van der Waals surface area contributed by atoms with Gasteiger partial charge in [-0.3, -0.25) is 4.40 Å². The van der Waals surface area contributed by atoms with Gasteiger partial charge in [-0.25, -0.2) is 9.37 Å². The molecule has 0 aliphatic carbocycles. The molecule has 3 nitrogen and oxygen atoms in total. The number of thiazole rings is 1. The largest absolute Gasteiger partial charge is 0.338 e. The third kappa shape index (κ3) is 2.68. The fraction of sp³-hybridized carbons (Fsp3) is 0.150. The molecule has 26 heavy (non-hydrogen) atoms. The van der Waals surface area contributed by atoms with Crippen molar-refractivity contribution in [1.82, 2.24) is 9.38 Å². The lowest BCUT2D eigenvalue weighted by molar-refractivity contribution is 0.631. The highest BCUT2D eigenvalue weighted by atomic mass is 35.5. The van der Waals surface area contributed by atoms with Crippen LogP contribution in [0.1, 0.15) is 16.1 Å². The van der Waals surface area contributed by atoms with Crippen LogP contribution in [0.3, 0.4) is 0 Å². The van der Waals surface area contributed by atoms with Crippen LogP contribution >= 0.6 is 22.9 Å². The van der Waals surface area contributed by atoms with Crippen molar-refractivity contribution in [3.8, 4) is 11.3 Å². The van der Waals surface area contributed by atoms with Gasteiger partial charge in [0.05, 0.1) is 10.7 Å². The summed E-state index contributed by atoms with van der Waals surface area (Å²) in [6.07, 6.45) is 0. The summed E-state index contributed by atoms with van der Waals surface area (Å²) in [7, 11) is 0. The fourth-order valence-corrected chi connectivity index (χ4v) is 4.25. The van der Waals surface area contributed by atoms with E-state index in [0.717, 1.165) is 27.7 Å². The first-order valence-electron chi connectivity index (χ1n) is 8.23. The van der Waals surface area contributed by atoms with E-state index in [0.29, 0.717) is 16.3 Å². The third-order valence-corrected chi connectivity index (χ3v) is 5.90. The smallest absolute Gasteiger partial charge is 0.196 e. The highest BCUT2D eigenvalue weighted by Gasteiger charge is 2.21. The zero-order valence-corrected chi connectivity index (χ0v) is 16.2. The Balaban J connectivity index is 1.99. The van der Waals surface area contributed by atoms with Crippen molar-refractivity contribution in [2.45, 2.75) is 20.8 Å². The number of benzene rings is 2. The molecule has 4 aromatic rings. The van der Waals surface area contributed by atoms with Crippen molar-refractivity contribution in [2.75, 3.05) is 5.32 Å². The van der Waals surface area contributed by atoms with Crippen LogP contribution in [0.15, 0.2) is 42.5 Å². The van der Waals surface area contributed by atoms with Crippen LogP contribution in [0, 0.1) is 26.6 Å². The van der Waals surface area contributed by atoms with Crippen molar-refractivity contribution in [3.63, 3.8) is 0 Å². The van der Waals surface area contributed by atoms with E-state index in [1.54, 1.807) is 23.5 Å². The number of nitrogens with zero attached hydrogens (tertiary/aromatic N) is 2. The SMILES string of the molecule is Cc1cccc(Cl)c1Nc1c(-c2ccccc2F)nc2sc(C)c(C)n12. The highest BCUT2D eigenvalue weighted by molar-refractivity contribution is 7.17. The highest BCUT2D eigenvalue weighted by Crippen LogP contribution is 2.38. The van der Waals surface area contributed by atoms with Crippen molar-refractivity contribution in [3.05, 3.63) is 69.4 Å². The number of anilines is 2. The van der Waals surface area contributed by atoms with E-state index in [1.807, 2.05) is 42.5 Å². The first-order valence-corrected chi connectivity index (χ1v) is 9.42. The Labute approximate surface area is 160 Å². The van der Waals surface area contributed by atoms with E-state index >= 15 is 0 Å². The number of rotatable bonds is 3. The number of hydrogen-bond donors (Lipinski definition) is 1. The van der Waals surface area contributed by atoms with E-state index in [2.05, 4.69) is 12.2 Å². The van der Waals surface area contributed by atoms with Gasteiger partial charge in [0, 0.05) is 16.1 Å². The van der Waals surface area contributed by atoms with Gasteiger partial charge >= 0.3 is 0 Å². The summed E-state index contributed by atoms with van der Waals surface area (Å²) in [6.45, 7) is 6.08. The van der Waals surface area contributed by atoms with Crippen LogP contribution < -0.4 is 5.32 Å². The summed E-state index contributed by atoms with van der Waals surface area (Å²) in [4.78, 5) is 6.71. The molecule has 0 fully saturated rings. The first kappa shape index (κ1) is 17.1. The van der Waals surface area contributed by atoms with Crippen LogP contribution in [0.5, 0.6) is 0 Å². The topological polar surface area (TPSA) is 29.3 Å².